The Morgan fingerprint density at radius 1 is 1.05 bits per heavy atom. The molecule has 0 fully saturated rings. The molecule has 0 aromatic heterocycles. The minimum atomic E-state index is -0.887. The summed E-state index contributed by atoms with van der Waals surface area (Å²) in [5, 5.41) is 11.2. The Morgan fingerprint density at radius 3 is 2.55 bits per heavy atom. The Labute approximate surface area is 120 Å². The second kappa shape index (κ2) is 4.64. The summed E-state index contributed by atoms with van der Waals surface area (Å²) in [6, 6.07) is 12.2. The topological polar surface area (TPSA) is 29.5 Å². The van der Waals surface area contributed by atoms with Crippen LogP contribution in [0.2, 0.25) is 0 Å². The van der Waals surface area contributed by atoms with Crippen LogP contribution in [0.15, 0.2) is 36.4 Å². The van der Waals surface area contributed by atoms with Gasteiger partial charge in [0.1, 0.15) is 11.4 Å². The molecule has 2 aromatic rings. The Bertz CT molecular complexity index is 660. The number of aryl methyl sites for hydroxylation is 3. The molecule has 1 N–H and O–H groups in total. The molecular formula is C18H20O2. The van der Waals surface area contributed by atoms with Crippen LogP contribution in [0.4, 0.5) is 0 Å². The molecule has 2 nitrogen and oxygen atoms in total. The molecule has 1 aliphatic rings. The van der Waals surface area contributed by atoms with Crippen molar-refractivity contribution in [2.45, 2.75) is 32.3 Å². The van der Waals surface area contributed by atoms with Gasteiger partial charge in [0.25, 0.3) is 0 Å². The molecule has 0 heterocycles. The van der Waals surface area contributed by atoms with Gasteiger partial charge in [0, 0.05) is 0 Å². The molecule has 0 amide bonds. The van der Waals surface area contributed by atoms with E-state index in [2.05, 4.69) is 32.0 Å². The maximum absolute atomic E-state index is 11.2. The van der Waals surface area contributed by atoms with Crippen LogP contribution in [0.1, 0.15) is 34.2 Å². The third kappa shape index (κ3) is 1.92. The van der Waals surface area contributed by atoms with Crippen molar-refractivity contribution in [3.8, 4) is 5.75 Å². The number of hydrogen-bond donors (Lipinski definition) is 1. The molecule has 1 atom stereocenters. The van der Waals surface area contributed by atoms with Crippen LogP contribution >= 0.6 is 0 Å². The molecule has 0 saturated heterocycles. The monoisotopic (exact) mass is 268 g/mol. The van der Waals surface area contributed by atoms with E-state index in [9.17, 15) is 5.11 Å². The van der Waals surface area contributed by atoms with Crippen LogP contribution < -0.4 is 4.74 Å². The fourth-order valence-electron chi connectivity index (χ4n) is 3.03. The minimum Gasteiger partial charge on any atom is -0.497 e. The SMILES string of the molecule is COc1ccc2c(c1)C(O)(c1ccc(C)c(C)c1)CC2. The lowest BCUT2D eigenvalue weighted by Gasteiger charge is -2.26. The van der Waals surface area contributed by atoms with Crippen LogP contribution in [0.3, 0.4) is 0 Å². The first-order valence-corrected chi connectivity index (χ1v) is 7.02. The Balaban J connectivity index is 2.13. The third-order valence-electron chi connectivity index (χ3n) is 4.50. The molecular weight excluding hydrogens is 248 g/mol. The van der Waals surface area contributed by atoms with Gasteiger partial charge in [-0.25, -0.2) is 0 Å². The maximum atomic E-state index is 11.2. The van der Waals surface area contributed by atoms with Crippen molar-refractivity contribution in [1.82, 2.24) is 0 Å². The molecule has 2 aromatic carbocycles. The van der Waals surface area contributed by atoms with Gasteiger partial charge in [-0.15, -0.1) is 0 Å². The molecule has 3 rings (SSSR count). The van der Waals surface area contributed by atoms with Crippen molar-refractivity contribution in [2.24, 2.45) is 0 Å². The number of rotatable bonds is 2. The van der Waals surface area contributed by atoms with Crippen molar-refractivity contribution in [1.29, 1.82) is 0 Å². The molecule has 0 saturated carbocycles. The third-order valence-corrected chi connectivity index (χ3v) is 4.50. The summed E-state index contributed by atoms with van der Waals surface area (Å²) in [4.78, 5) is 0. The lowest BCUT2D eigenvalue weighted by molar-refractivity contribution is 0.0826. The molecule has 0 bridgehead atoms. The van der Waals surface area contributed by atoms with E-state index < -0.39 is 5.60 Å². The fraction of sp³-hybridized carbons (Fsp3) is 0.333. The van der Waals surface area contributed by atoms with Crippen LogP contribution in [0.5, 0.6) is 5.75 Å². The average Bonchev–Trinajstić information content (AvgIpc) is 2.80. The molecule has 20 heavy (non-hydrogen) atoms. The summed E-state index contributed by atoms with van der Waals surface area (Å²) in [6.07, 6.45) is 1.64. The average molecular weight is 268 g/mol. The maximum Gasteiger partial charge on any atom is 0.119 e. The highest BCUT2D eigenvalue weighted by atomic mass is 16.5. The highest BCUT2D eigenvalue weighted by molar-refractivity contribution is 5.49. The highest BCUT2D eigenvalue weighted by Gasteiger charge is 2.38. The summed E-state index contributed by atoms with van der Waals surface area (Å²) < 4.78 is 5.30. The van der Waals surface area contributed by atoms with Gasteiger partial charge in [-0.1, -0.05) is 24.3 Å². The largest absolute Gasteiger partial charge is 0.497 e. The number of methoxy groups -OCH3 is 1. The van der Waals surface area contributed by atoms with E-state index >= 15 is 0 Å². The Kier molecular flexibility index (Phi) is 3.06. The lowest BCUT2D eigenvalue weighted by Crippen LogP contribution is -2.24. The number of hydrogen-bond acceptors (Lipinski definition) is 2. The van der Waals surface area contributed by atoms with Crippen LogP contribution in [0.25, 0.3) is 0 Å². The summed E-state index contributed by atoms with van der Waals surface area (Å²) >= 11 is 0. The smallest absolute Gasteiger partial charge is 0.119 e. The van der Waals surface area contributed by atoms with E-state index in [0.717, 1.165) is 29.7 Å². The molecule has 104 valence electrons. The van der Waals surface area contributed by atoms with Crippen molar-refractivity contribution >= 4 is 0 Å². The summed E-state index contributed by atoms with van der Waals surface area (Å²) in [5.41, 5.74) is 4.76. The van der Waals surface area contributed by atoms with Gasteiger partial charge in [0.15, 0.2) is 0 Å². The number of aliphatic hydroxyl groups is 1. The van der Waals surface area contributed by atoms with Gasteiger partial charge in [-0.3, -0.25) is 0 Å². The predicted molar refractivity (Wildman–Crippen MR) is 80.2 cm³/mol. The Morgan fingerprint density at radius 2 is 1.85 bits per heavy atom. The van der Waals surface area contributed by atoms with Crippen LogP contribution in [-0.2, 0) is 12.0 Å². The van der Waals surface area contributed by atoms with Gasteiger partial charge in [-0.2, -0.15) is 0 Å². The van der Waals surface area contributed by atoms with Crippen molar-refractivity contribution in [3.05, 3.63) is 64.2 Å². The molecule has 0 radical (unpaired) electrons. The molecule has 1 unspecified atom stereocenters. The zero-order chi connectivity index (χ0) is 14.3. The zero-order valence-corrected chi connectivity index (χ0v) is 12.2. The van der Waals surface area contributed by atoms with Gasteiger partial charge < -0.3 is 9.84 Å². The highest BCUT2D eigenvalue weighted by Crippen LogP contribution is 2.43. The number of benzene rings is 2. The quantitative estimate of drug-likeness (QED) is 0.903. The van der Waals surface area contributed by atoms with Crippen molar-refractivity contribution in [3.63, 3.8) is 0 Å². The van der Waals surface area contributed by atoms with Gasteiger partial charge >= 0.3 is 0 Å². The van der Waals surface area contributed by atoms with E-state index in [0.29, 0.717) is 0 Å². The van der Waals surface area contributed by atoms with E-state index in [1.807, 2.05) is 18.2 Å². The van der Waals surface area contributed by atoms with Gasteiger partial charge in [-0.05, 0) is 66.6 Å². The molecule has 2 heteroatoms. The predicted octanol–water partition coefficient (Wildman–Crippen LogP) is 3.49. The lowest BCUT2D eigenvalue weighted by atomic mass is 9.86. The van der Waals surface area contributed by atoms with E-state index in [4.69, 9.17) is 4.74 Å². The van der Waals surface area contributed by atoms with Crippen LogP contribution in [-0.4, -0.2) is 12.2 Å². The first kappa shape index (κ1) is 13.2. The van der Waals surface area contributed by atoms with Crippen molar-refractivity contribution < 1.29 is 9.84 Å². The first-order valence-electron chi connectivity index (χ1n) is 7.02. The van der Waals surface area contributed by atoms with E-state index in [1.165, 1.54) is 16.7 Å². The number of fused-ring (bicyclic) bond motifs is 1. The standard InChI is InChI=1S/C18H20O2/c1-12-4-6-15(10-13(12)2)18(19)9-8-14-5-7-16(20-3)11-17(14)18/h4-7,10-11,19H,8-9H2,1-3H3. The van der Waals surface area contributed by atoms with Gasteiger partial charge in [0.05, 0.1) is 7.11 Å². The van der Waals surface area contributed by atoms with Crippen LogP contribution in [0, 0.1) is 13.8 Å². The normalized spacial score (nSPS) is 20.8. The molecule has 0 spiro atoms. The summed E-state index contributed by atoms with van der Waals surface area (Å²) in [7, 11) is 1.66. The van der Waals surface area contributed by atoms with Gasteiger partial charge in [0.2, 0.25) is 0 Å². The Hall–Kier alpha value is -1.80. The second-order valence-electron chi connectivity index (χ2n) is 5.68. The minimum absolute atomic E-state index is 0.734. The zero-order valence-electron chi connectivity index (χ0n) is 12.2. The second-order valence-corrected chi connectivity index (χ2v) is 5.68. The van der Waals surface area contributed by atoms with E-state index in [-0.39, 0.29) is 0 Å². The summed E-state index contributed by atoms with van der Waals surface area (Å²) in [5.74, 6) is 0.799. The van der Waals surface area contributed by atoms with Crippen molar-refractivity contribution in [2.75, 3.05) is 7.11 Å². The summed E-state index contributed by atoms with van der Waals surface area (Å²) in [6.45, 7) is 4.18. The fourth-order valence-corrected chi connectivity index (χ4v) is 3.03. The molecule has 1 aliphatic carbocycles. The number of ether oxygens (including phenoxy) is 1. The first-order chi connectivity index (χ1) is 9.54. The molecule has 0 aliphatic heterocycles. The van der Waals surface area contributed by atoms with E-state index in [1.54, 1.807) is 7.11 Å².